The quantitative estimate of drug-likeness (QED) is 0.289. The zero-order chi connectivity index (χ0) is 28.1. The molecule has 6 nitrogen and oxygen atoms in total. The van der Waals surface area contributed by atoms with Gasteiger partial charge in [0.25, 0.3) is 0 Å². The fourth-order valence-electron chi connectivity index (χ4n) is 4.94. The lowest BCUT2D eigenvalue weighted by molar-refractivity contribution is 0.174. The third-order valence-electron chi connectivity index (χ3n) is 7.51. The fraction of sp³-hybridized carbons (Fsp3) is 0.438. The highest BCUT2D eigenvalue weighted by Gasteiger charge is 2.29. The average molecular weight is 523 g/mol. The molecule has 0 aromatic heterocycles. The topological polar surface area (TPSA) is 77.4 Å². The standard InChI is InChI=1S/C32H42O6/c1-31(2,27-13-21(17-35-5)29(33)22(14-27)18-36-6)25-9-11-26(12-10-25)32(3,4)28-15-23(19-37-7)30(34)24(16-28)20-38-8/h9-16,33-34H,17-20H2,1-8H3. The monoisotopic (exact) mass is 522 g/mol. The summed E-state index contributed by atoms with van der Waals surface area (Å²) < 4.78 is 21.3. The SMILES string of the molecule is COCc1cc(C(C)(C)c2ccc(C(C)(C)c3cc(COC)c(O)c(COC)c3)cc2)cc(COC)c1O. The van der Waals surface area contributed by atoms with Gasteiger partial charge in [0.1, 0.15) is 11.5 Å². The molecule has 0 aliphatic rings. The molecule has 0 fully saturated rings. The molecule has 2 N–H and O–H groups in total. The van der Waals surface area contributed by atoms with Crippen LogP contribution in [0.5, 0.6) is 11.5 Å². The highest BCUT2D eigenvalue weighted by atomic mass is 16.5. The van der Waals surface area contributed by atoms with Crippen molar-refractivity contribution in [2.24, 2.45) is 0 Å². The lowest BCUT2D eigenvalue weighted by Crippen LogP contribution is -2.22. The summed E-state index contributed by atoms with van der Waals surface area (Å²) in [5.74, 6) is 0.444. The number of hydrogen-bond donors (Lipinski definition) is 2. The van der Waals surface area contributed by atoms with Crippen molar-refractivity contribution < 1.29 is 29.2 Å². The maximum atomic E-state index is 10.7. The molecule has 0 saturated carbocycles. The van der Waals surface area contributed by atoms with Crippen molar-refractivity contribution in [3.63, 3.8) is 0 Å². The predicted molar refractivity (Wildman–Crippen MR) is 150 cm³/mol. The molecule has 0 atom stereocenters. The molecule has 0 amide bonds. The Morgan fingerprint density at radius 3 is 0.921 bits per heavy atom. The first-order valence-electron chi connectivity index (χ1n) is 12.8. The second-order valence-electron chi connectivity index (χ2n) is 10.8. The zero-order valence-electron chi connectivity index (χ0n) is 24.0. The number of rotatable bonds is 12. The molecule has 0 aliphatic carbocycles. The van der Waals surface area contributed by atoms with Gasteiger partial charge in [-0.3, -0.25) is 0 Å². The van der Waals surface area contributed by atoms with Gasteiger partial charge in [-0.25, -0.2) is 0 Å². The van der Waals surface area contributed by atoms with Crippen molar-refractivity contribution in [2.75, 3.05) is 28.4 Å². The van der Waals surface area contributed by atoms with Gasteiger partial charge in [0.15, 0.2) is 0 Å². The summed E-state index contributed by atoms with van der Waals surface area (Å²) in [7, 11) is 6.49. The van der Waals surface area contributed by atoms with Crippen LogP contribution in [0, 0.1) is 0 Å². The minimum absolute atomic E-state index is 0.222. The van der Waals surface area contributed by atoms with E-state index in [2.05, 4.69) is 52.0 Å². The van der Waals surface area contributed by atoms with Gasteiger partial charge in [-0.1, -0.05) is 52.0 Å². The third-order valence-corrected chi connectivity index (χ3v) is 7.51. The second kappa shape index (κ2) is 12.3. The van der Waals surface area contributed by atoms with Gasteiger partial charge in [-0.15, -0.1) is 0 Å². The van der Waals surface area contributed by atoms with Crippen molar-refractivity contribution in [2.45, 2.75) is 65.0 Å². The molecule has 0 saturated heterocycles. The molecule has 0 unspecified atom stereocenters. The number of benzene rings is 3. The summed E-state index contributed by atoms with van der Waals surface area (Å²) in [5, 5.41) is 21.4. The summed E-state index contributed by atoms with van der Waals surface area (Å²) in [5.41, 5.74) is 6.79. The molecule has 38 heavy (non-hydrogen) atoms. The third kappa shape index (κ3) is 6.05. The molecular formula is C32H42O6. The highest BCUT2D eigenvalue weighted by Crippen LogP contribution is 2.40. The first-order chi connectivity index (χ1) is 18.0. The number of hydrogen-bond acceptors (Lipinski definition) is 6. The summed E-state index contributed by atoms with van der Waals surface area (Å²) in [6.45, 7) is 10.0. The Morgan fingerprint density at radius 1 is 0.474 bits per heavy atom. The molecule has 0 bridgehead atoms. The van der Waals surface area contributed by atoms with Crippen LogP contribution in [0.25, 0.3) is 0 Å². The van der Waals surface area contributed by atoms with Crippen LogP contribution in [0.15, 0.2) is 48.5 Å². The average Bonchev–Trinajstić information content (AvgIpc) is 2.89. The van der Waals surface area contributed by atoms with Crippen molar-refractivity contribution in [3.8, 4) is 11.5 Å². The maximum absolute atomic E-state index is 10.7. The van der Waals surface area contributed by atoms with E-state index < -0.39 is 0 Å². The summed E-state index contributed by atoms with van der Waals surface area (Å²) in [6.07, 6.45) is 0. The van der Waals surface area contributed by atoms with E-state index in [4.69, 9.17) is 18.9 Å². The van der Waals surface area contributed by atoms with Crippen molar-refractivity contribution in [3.05, 3.63) is 93.0 Å². The van der Waals surface area contributed by atoms with E-state index in [-0.39, 0.29) is 22.3 Å². The first-order valence-corrected chi connectivity index (χ1v) is 12.8. The van der Waals surface area contributed by atoms with E-state index in [0.29, 0.717) is 26.4 Å². The molecule has 3 rings (SSSR count). The van der Waals surface area contributed by atoms with Gasteiger partial charge in [-0.2, -0.15) is 0 Å². The highest BCUT2D eigenvalue weighted by molar-refractivity contribution is 5.51. The minimum Gasteiger partial charge on any atom is -0.507 e. The van der Waals surface area contributed by atoms with E-state index >= 15 is 0 Å². The predicted octanol–water partition coefficient (Wildman–Crippen LogP) is 6.34. The molecular weight excluding hydrogens is 480 g/mol. The van der Waals surface area contributed by atoms with E-state index in [0.717, 1.165) is 44.5 Å². The van der Waals surface area contributed by atoms with Gasteiger partial charge >= 0.3 is 0 Å². The number of phenolic OH excluding ortho intramolecular Hbond substituents is 2. The Hall–Kier alpha value is -2.90. The lowest BCUT2D eigenvalue weighted by atomic mass is 9.73. The summed E-state index contributed by atoms with van der Waals surface area (Å²) >= 11 is 0. The Kier molecular flexibility index (Phi) is 9.60. The van der Waals surface area contributed by atoms with Crippen LogP contribution in [-0.2, 0) is 56.2 Å². The number of aromatic hydroxyl groups is 2. The second-order valence-corrected chi connectivity index (χ2v) is 10.8. The molecule has 3 aromatic rings. The smallest absolute Gasteiger partial charge is 0.126 e. The normalized spacial score (nSPS) is 12.2. The van der Waals surface area contributed by atoms with Crippen molar-refractivity contribution in [1.29, 1.82) is 0 Å². The van der Waals surface area contributed by atoms with E-state index in [9.17, 15) is 10.2 Å². The van der Waals surface area contributed by atoms with Crippen LogP contribution < -0.4 is 0 Å². The molecule has 206 valence electrons. The minimum atomic E-state index is -0.322. The molecule has 3 aromatic carbocycles. The lowest BCUT2D eigenvalue weighted by Gasteiger charge is -2.31. The van der Waals surface area contributed by atoms with Gasteiger partial charge in [0.05, 0.1) is 26.4 Å². The van der Waals surface area contributed by atoms with Crippen molar-refractivity contribution >= 4 is 0 Å². The van der Waals surface area contributed by atoms with Crippen LogP contribution in [-0.4, -0.2) is 38.7 Å². The van der Waals surface area contributed by atoms with Gasteiger partial charge < -0.3 is 29.2 Å². The largest absolute Gasteiger partial charge is 0.507 e. The first kappa shape index (κ1) is 29.7. The van der Waals surface area contributed by atoms with Crippen LogP contribution in [0.4, 0.5) is 0 Å². The van der Waals surface area contributed by atoms with Crippen LogP contribution in [0.2, 0.25) is 0 Å². The van der Waals surface area contributed by atoms with Crippen LogP contribution in [0.1, 0.15) is 72.2 Å². The Bertz CT molecular complexity index is 1080. The maximum Gasteiger partial charge on any atom is 0.126 e. The Labute approximate surface area is 227 Å². The summed E-state index contributed by atoms with van der Waals surface area (Å²) in [4.78, 5) is 0. The van der Waals surface area contributed by atoms with E-state index in [1.54, 1.807) is 28.4 Å². The fourth-order valence-corrected chi connectivity index (χ4v) is 4.94. The van der Waals surface area contributed by atoms with Gasteiger partial charge in [0.2, 0.25) is 0 Å². The summed E-state index contributed by atoms with van der Waals surface area (Å²) in [6, 6.07) is 16.7. The Morgan fingerprint density at radius 2 is 0.711 bits per heavy atom. The van der Waals surface area contributed by atoms with Gasteiger partial charge in [0, 0.05) is 61.5 Å². The molecule has 6 heteroatoms. The van der Waals surface area contributed by atoms with E-state index in [1.807, 2.05) is 24.3 Å². The molecule has 0 spiro atoms. The number of ether oxygens (including phenoxy) is 4. The number of phenols is 2. The van der Waals surface area contributed by atoms with Crippen molar-refractivity contribution in [1.82, 2.24) is 0 Å². The molecule has 0 radical (unpaired) electrons. The molecule has 0 aliphatic heterocycles. The Balaban J connectivity index is 2.02. The zero-order valence-corrected chi connectivity index (χ0v) is 24.0. The van der Waals surface area contributed by atoms with Crippen LogP contribution in [0.3, 0.4) is 0 Å². The van der Waals surface area contributed by atoms with E-state index in [1.165, 1.54) is 0 Å². The van der Waals surface area contributed by atoms with Gasteiger partial charge in [-0.05, 0) is 46.5 Å². The molecule has 0 heterocycles. The number of methoxy groups -OCH3 is 4. The van der Waals surface area contributed by atoms with Crippen LogP contribution >= 0.6 is 0 Å².